The second kappa shape index (κ2) is 6.73. The number of hydrogen-bond acceptors (Lipinski definition) is 4. The molecule has 2 heterocycles. The molecule has 0 radical (unpaired) electrons. The molecule has 1 atom stereocenters. The van der Waals surface area contributed by atoms with E-state index >= 15 is 0 Å². The number of imide groups is 1. The SMILES string of the molecule is Cc1nc(SC(C)C(=O)N2CCNC2=O)n(CC(C)C)c1C. The van der Waals surface area contributed by atoms with E-state index in [9.17, 15) is 9.59 Å². The summed E-state index contributed by atoms with van der Waals surface area (Å²) in [5.41, 5.74) is 2.12. The maximum Gasteiger partial charge on any atom is 0.324 e. The fourth-order valence-corrected chi connectivity index (χ4v) is 3.48. The van der Waals surface area contributed by atoms with Crippen LogP contribution >= 0.6 is 11.8 Å². The molecule has 1 N–H and O–H groups in total. The molecule has 6 nitrogen and oxygen atoms in total. The first-order valence-electron chi connectivity index (χ1n) is 7.60. The van der Waals surface area contributed by atoms with Crippen molar-refractivity contribution in [1.82, 2.24) is 19.8 Å². The Morgan fingerprint density at radius 3 is 2.59 bits per heavy atom. The Bertz CT molecular complexity index is 582. The van der Waals surface area contributed by atoms with Crippen LogP contribution < -0.4 is 5.32 Å². The summed E-state index contributed by atoms with van der Waals surface area (Å²) in [5.74, 6) is 0.344. The van der Waals surface area contributed by atoms with E-state index in [1.807, 2.05) is 13.8 Å². The third-order valence-electron chi connectivity index (χ3n) is 3.72. The highest BCUT2D eigenvalue weighted by Crippen LogP contribution is 2.27. The van der Waals surface area contributed by atoms with Crippen molar-refractivity contribution < 1.29 is 9.59 Å². The molecule has 1 aliphatic heterocycles. The largest absolute Gasteiger partial charge is 0.336 e. The summed E-state index contributed by atoms with van der Waals surface area (Å²) in [6.07, 6.45) is 0. The Kier molecular flexibility index (Phi) is 5.16. The third-order valence-corrected chi connectivity index (χ3v) is 4.80. The van der Waals surface area contributed by atoms with Gasteiger partial charge in [0.15, 0.2) is 5.16 Å². The van der Waals surface area contributed by atoms with Gasteiger partial charge in [-0.3, -0.25) is 9.69 Å². The lowest BCUT2D eigenvalue weighted by Crippen LogP contribution is -2.39. The molecule has 1 unspecified atom stereocenters. The van der Waals surface area contributed by atoms with Crippen molar-refractivity contribution in [2.24, 2.45) is 5.92 Å². The standard InChI is InChI=1S/C15H24N4O2S/c1-9(2)8-19-11(4)10(3)17-15(19)22-12(5)13(20)18-7-6-16-14(18)21/h9,12H,6-8H2,1-5H3,(H,16,21). The summed E-state index contributed by atoms with van der Waals surface area (Å²) in [6, 6.07) is -0.296. The lowest BCUT2D eigenvalue weighted by Gasteiger charge is -2.18. The second-order valence-corrected chi connectivity index (χ2v) is 7.36. The topological polar surface area (TPSA) is 67.2 Å². The minimum atomic E-state index is -0.337. The number of imidazole rings is 1. The van der Waals surface area contributed by atoms with E-state index in [0.29, 0.717) is 19.0 Å². The number of carbonyl (C=O) groups excluding carboxylic acids is 2. The minimum Gasteiger partial charge on any atom is -0.336 e. The highest BCUT2D eigenvalue weighted by atomic mass is 32.2. The molecular formula is C15H24N4O2S. The Hall–Kier alpha value is -1.50. The zero-order valence-electron chi connectivity index (χ0n) is 13.8. The zero-order chi connectivity index (χ0) is 16.4. The first-order valence-corrected chi connectivity index (χ1v) is 8.48. The average molecular weight is 324 g/mol. The van der Waals surface area contributed by atoms with Crippen LogP contribution in [0.2, 0.25) is 0 Å². The van der Waals surface area contributed by atoms with Crippen LogP contribution in [0.1, 0.15) is 32.2 Å². The van der Waals surface area contributed by atoms with Gasteiger partial charge in [0, 0.05) is 25.3 Å². The summed E-state index contributed by atoms with van der Waals surface area (Å²) in [5, 5.41) is 3.17. The molecule has 2 rings (SSSR count). The van der Waals surface area contributed by atoms with Gasteiger partial charge >= 0.3 is 6.03 Å². The predicted octanol–water partition coefficient (Wildman–Crippen LogP) is 2.19. The second-order valence-electron chi connectivity index (χ2n) is 6.05. The number of rotatable bonds is 5. The number of hydrogen-bond donors (Lipinski definition) is 1. The van der Waals surface area contributed by atoms with Crippen LogP contribution in [-0.2, 0) is 11.3 Å². The van der Waals surface area contributed by atoms with Gasteiger partial charge in [-0.05, 0) is 26.7 Å². The molecule has 3 amide bonds. The summed E-state index contributed by atoms with van der Waals surface area (Å²) in [7, 11) is 0. The fraction of sp³-hybridized carbons (Fsp3) is 0.667. The van der Waals surface area contributed by atoms with Crippen molar-refractivity contribution in [2.75, 3.05) is 13.1 Å². The van der Waals surface area contributed by atoms with Gasteiger partial charge in [-0.1, -0.05) is 25.6 Å². The Labute approximate surface area is 135 Å². The summed E-state index contributed by atoms with van der Waals surface area (Å²) >= 11 is 1.42. The van der Waals surface area contributed by atoms with Crippen molar-refractivity contribution in [1.29, 1.82) is 0 Å². The van der Waals surface area contributed by atoms with Gasteiger partial charge in [-0.25, -0.2) is 9.78 Å². The molecule has 0 aromatic carbocycles. The van der Waals surface area contributed by atoms with Crippen LogP contribution in [0.5, 0.6) is 0 Å². The zero-order valence-corrected chi connectivity index (χ0v) is 14.7. The molecule has 1 aromatic heterocycles. The van der Waals surface area contributed by atoms with E-state index in [1.54, 1.807) is 0 Å². The lowest BCUT2D eigenvalue weighted by molar-refractivity contribution is -0.126. The lowest BCUT2D eigenvalue weighted by atomic mass is 10.2. The number of carbonyl (C=O) groups is 2. The Morgan fingerprint density at radius 2 is 2.05 bits per heavy atom. The quantitative estimate of drug-likeness (QED) is 0.843. The predicted molar refractivity (Wildman–Crippen MR) is 87.0 cm³/mol. The van der Waals surface area contributed by atoms with Crippen molar-refractivity contribution in [3.8, 4) is 0 Å². The van der Waals surface area contributed by atoms with E-state index in [0.717, 1.165) is 23.1 Å². The van der Waals surface area contributed by atoms with Crippen molar-refractivity contribution in [3.63, 3.8) is 0 Å². The summed E-state index contributed by atoms with van der Waals surface area (Å²) in [6.45, 7) is 12.0. The van der Waals surface area contributed by atoms with Crippen molar-refractivity contribution >= 4 is 23.7 Å². The number of aryl methyl sites for hydroxylation is 1. The number of thioether (sulfide) groups is 1. The fourth-order valence-electron chi connectivity index (χ4n) is 2.40. The number of urea groups is 1. The van der Waals surface area contributed by atoms with Gasteiger partial charge in [-0.15, -0.1) is 0 Å². The normalized spacial score (nSPS) is 16.3. The summed E-state index contributed by atoms with van der Waals surface area (Å²) in [4.78, 5) is 29.9. The Morgan fingerprint density at radius 1 is 1.36 bits per heavy atom. The molecule has 122 valence electrons. The van der Waals surface area contributed by atoms with E-state index in [1.165, 1.54) is 16.7 Å². The van der Waals surface area contributed by atoms with E-state index in [4.69, 9.17) is 0 Å². The van der Waals surface area contributed by atoms with Crippen LogP contribution in [0.25, 0.3) is 0 Å². The van der Waals surface area contributed by atoms with Gasteiger partial charge in [0.05, 0.1) is 10.9 Å². The first-order chi connectivity index (χ1) is 10.3. The van der Waals surface area contributed by atoms with E-state index in [-0.39, 0.29) is 17.2 Å². The molecule has 0 saturated carbocycles. The number of aromatic nitrogens is 2. The molecule has 1 aromatic rings. The van der Waals surface area contributed by atoms with E-state index in [2.05, 4.69) is 35.6 Å². The van der Waals surface area contributed by atoms with Crippen LogP contribution in [0, 0.1) is 19.8 Å². The van der Waals surface area contributed by atoms with Gasteiger partial charge < -0.3 is 9.88 Å². The smallest absolute Gasteiger partial charge is 0.324 e. The maximum absolute atomic E-state index is 12.4. The van der Waals surface area contributed by atoms with Crippen molar-refractivity contribution in [2.45, 2.75) is 51.6 Å². The van der Waals surface area contributed by atoms with Gasteiger partial charge in [0.1, 0.15) is 0 Å². The monoisotopic (exact) mass is 324 g/mol. The summed E-state index contributed by atoms with van der Waals surface area (Å²) < 4.78 is 2.17. The Balaban J connectivity index is 2.14. The molecule has 1 saturated heterocycles. The minimum absolute atomic E-state index is 0.158. The average Bonchev–Trinajstić information content (AvgIpc) is 2.97. The highest BCUT2D eigenvalue weighted by Gasteiger charge is 2.31. The first kappa shape index (κ1) is 16.9. The molecule has 7 heteroatoms. The molecule has 22 heavy (non-hydrogen) atoms. The maximum atomic E-state index is 12.4. The molecule has 0 bridgehead atoms. The molecule has 0 aliphatic carbocycles. The van der Waals surface area contributed by atoms with Crippen molar-refractivity contribution in [3.05, 3.63) is 11.4 Å². The number of nitrogens with one attached hydrogen (secondary N) is 1. The van der Waals surface area contributed by atoms with Gasteiger partial charge in [0.2, 0.25) is 5.91 Å². The van der Waals surface area contributed by atoms with Crippen LogP contribution in [-0.4, -0.2) is 44.7 Å². The highest BCUT2D eigenvalue weighted by molar-refractivity contribution is 8.00. The van der Waals surface area contributed by atoms with Crippen LogP contribution in [0.15, 0.2) is 5.16 Å². The number of amides is 3. The van der Waals surface area contributed by atoms with Gasteiger partial charge in [-0.2, -0.15) is 0 Å². The molecule has 1 fully saturated rings. The van der Waals surface area contributed by atoms with Crippen LogP contribution in [0.3, 0.4) is 0 Å². The van der Waals surface area contributed by atoms with Crippen LogP contribution in [0.4, 0.5) is 4.79 Å². The van der Waals surface area contributed by atoms with E-state index < -0.39 is 0 Å². The van der Waals surface area contributed by atoms with Gasteiger partial charge in [0.25, 0.3) is 0 Å². The molecule has 0 spiro atoms. The molecular weight excluding hydrogens is 300 g/mol. The molecule has 1 aliphatic rings. The third kappa shape index (κ3) is 3.45. The number of nitrogens with zero attached hydrogens (tertiary/aromatic N) is 3.